The summed E-state index contributed by atoms with van der Waals surface area (Å²) < 4.78 is 4.92. The second kappa shape index (κ2) is 10.1. The lowest BCUT2D eigenvalue weighted by molar-refractivity contribution is 0.0600. The van der Waals surface area contributed by atoms with Crippen molar-refractivity contribution in [1.29, 1.82) is 5.41 Å². The van der Waals surface area contributed by atoms with E-state index in [9.17, 15) is 4.79 Å². The maximum atomic E-state index is 12.3. The number of rotatable bonds is 7. The van der Waals surface area contributed by atoms with Crippen LogP contribution in [0.25, 0.3) is 16.5 Å². The molecule has 0 amide bonds. The molecule has 3 aromatic carbocycles. The van der Waals surface area contributed by atoms with E-state index in [1.807, 2.05) is 66.6 Å². The summed E-state index contributed by atoms with van der Waals surface area (Å²) in [6, 6.07) is 18.9. The van der Waals surface area contributed by atoms with Gasteiger partial charge in [0.15, 0.2) is 0 Å². The molecule has 0 saturated carbocycles. The molecule has 0 bridgehead atoms. The van der Waals surface area contributed by atoms with Crippen molar-refractivity contribution in [1.82, 2.24) is 0 Å². The Balaban J connectivity index is 2.26. The van der Waals surface area contributed by atoms with Gasteiger partial charge in [-0.1, -0.05) is 36.9 Å². The smallest absolute Gasteiger partial charge is 0.338 e. The number of fused-ring (bicyclic) bond motifs is 1. The van der Waals surface area contributed by atoms with E-state index in [4.69, 9.17) is 10.1 Å². The number of nitrogens with zero attached hydrogens (tertiary/aromatic N) is 3. The fraction of sp³-hybridized carbons (Fsp3) is 0.0769. The Morgan fingerprint density at radius 1 is 1.09 bits per heavy atom. The first-order valence-electron chi connectivity index (χ1n) is 9.87. The lowest BCUT2D eigenvalue weighted by atomic mass is 10.0. The standard InChI is InChI=1S/C26H24N4O2/c1-5-30(20-9-7-6-8-10-20)16-25(28-3)19-11-12-21-18(2)22(26(31)32-4)13-14-24(29-17-27)23(21)15-19/h5-17,27H,1,3H2,2,4H3/b25-16-,27-17?,29-24?. The summed E-state index contributed by atoms with van der Waals surface area (Å²) in [5.74, 6) is -0.428. The van der Waals surface area contributed by atoms with Crippen LogP contribution in [-0.2, 0) is 4.74 Å². The van der Waals surface area contributed by atoms with Crippen LogP contribution < -0.4 is 10.3 Å². The van der Waals surface area contributed by atoms with Crippen LogP contribution in [0.15, 0.2) is 89.6 Å². The van der Waals surface area contributed by atoms with Crippen molar-refractivity contribution in [2.24, 2.45) is 9.98 Å². The number of hydrogen-bond acceptors (Lipinski definition) is 5. The molecule has 0 unspecified atom stereocenters. The van der Waals surface area contributed by atoms with E-state index >= 15 is 0 Å². The first-order valence-corrected chi connectivity index (χ1v) is 9.87. The fourth-order valence-corrected chi connectivity index (χ4v) is 3.45. The number of methoxy groups -OCH3 is 1. The molecular formula is C26H24N4O2. The molecule has 0 fully saturated rings. The molecule has 1 N–H and O–H groups in total. The van der Waals surface area contributed by atoms with Crippen molar-refractivity contribution in [3.05, 3.63) is 102 Å². The molecule has 0 radical (unpaired) electrons. The highest BCUT2D eigenvalue weighted by molar-refractivity contribution is 5.98. The summed E-state index contributed by atoms with van der Waals surface area (Å²) in [5.41, 5.74) is 3.58. The van der Waals surface area contributed by atoms with Crippen molar-refractivity contribution in [3.63, 3.8) is 0 Å². The number of aryl methyl sites for hydroxylation is 1. The van der Waals surface area contributed by atoms with Crippen LogP contribution in [0.5, 0.6) is 0 Å². The van der Waals surface area contributed by atoms with Gasteiger partial charge in [0.05, 0.1) is 23.7 Å². The monoisotopic (exact) mass is 424 g/mol. The van der Waals surface area contributed by atoms with Gasteiger partial charge in [0.1, 0.15) is 6.34 Å². The number of nitrogens with one attached hydrogen (secondary N) is 1. The molecule has 0 saturated heterocycles. The maximum absolute atomic E-state index is 12.3. The molecule has 6 nitrogen and oxygen atoms in total. The average Bonchev–Trinajstić information content (AvgIpc) is 2.96. The zero-order valence-corrected chi connectivity index (χ0v) is 18.1. The summed E-state index contributed by atoms with van der Waals surface area (Å²) in [6.45, 7) is 9.49. The highest BCUT2D eigenvalue weighted by Gasteiger charge is 2.13. The Morgan fingerprint density at radius 3 is 2.47 bits per heavy atom. The molecule has 0 spiro atoms. The van der Waals surface area contributed by atoms with E-state index < -0.39 is 5.97 Å². The Labute approximate surface area is 187 Å². The number of ether oxygens (including phenoxy) is 1. The van der Waals surface area contributed by atoms with Gasteiger partial charge in [-0.25, -0.2) is 9.79 Å². The number of carbonyl (C=O) groups is 1. The highest BCUT2D eigenvalue weighted by atomic mass is 16.5. The molecule has 160 valence electrons. The minimum absolute atomic E-state index is 0.428. The molecule has 6 heteroatoms. The van der Waals surface area contributed by atoms with Crippen molar-refractivity contribution in [2.45, 2.75) is 6.92 Å². The second-order valence-corrected chi connectivity index (χ2v) is 6.87. The van der Waals surface area contributed by atoms with Gasteiger partial charge in [0.2, 0.25) is 0 Å². The minimum Gasteiger partial charge on any atom is -0.465 e. The minimum atomic E-state index is -0.428. The van der Waals surface area contributed by atoms with E-state index in [0.717, 1.165) is 33.9 Å². The van der Waals surface area contributed by atoms with Crippen LogP contribution in [-0.4, -0.2) is 26.1 Å². The number of esters is 1. The van der Waals surface area contributed by atoms with E-state index in [1.54, 1.807) is 18.3 Å². The van der Waals surface area contributed by atoms with Gasteiger partial charge in [-0.3, -0.25) is 10.4 Å². The Morgan fingerprint density at radius 2 is 1.84 bits per heavy atom. The summed E-state index contributed by atoms with van der Waals surface area (Å²) >= 11 is 0. The summed E-state index contributed by atoms with van der Waals surface area (Å²) in [6.07, 6.45) is 4.52. The van der Waals surface area contributed by atoms with Crippen molar-refractivity contribution in [3.8, 4) is 0 Å². The number of carbonyl (C=O) groups excluding carboxylic acids is 1. The molecule has 0 aliphatic rings. The first-order chi connectivity index (χ1) is 15.5. The second-order valence-electron chi connectivity index (χ2n) is 6.87. The van der Waals surface area contributed by atoms with E-state index in [1.165, 1.54) is 7.11 Å². The number of benzene rings is 2. The predicted octanol–water partition coefficient (Wildman–Crippen LogP) is 5.09. The van der Waals surface area contributed by atoms with Gasteiger partial charge in [0, 0.05) is 29.0 Å². The van der Waals surface area contributed by atoms with Gasteiger partial charge < -0.3 is 9.64 Å². The molecular weight excluding hydrogens is 400 g/mol. The van der Waals surface area contributed by atoms with E-state index in [0.29, 0.717) is 16.6 Å². The van der Waals surface area contributed by atoms with Crippen molar-refractivity contribution in [2.75, 3.05) is 12.0 Å². The van der Waals surface area contributed by atoms with Crippen molar-refractivity contribution >= 4 is 41.2 Å². The topological polar surface area (TPSA) is 78.1 Å². The maximum Gasteiger partial charge on any atom is 0.338 e. The number of anilines is 1. The van der Waals surface area contributed by atoms with Crippen LogP contribution in [0.2, 0.25) is 0 Å². The third-order valence-corrected chi connectivity index (χ3v) is 5.10. The molecule has 3 rings (SSSR count). The molecule has 32 heavy (non-hydrogen) atoms. The number of aliphatic imine (C=N–C) groups is 1. The fourth-order valence-electron chi connectivity index (χ4n) is 3.45. The van der Waals surface area contributed by atoms with Gasteiger partial charge in [-0.15, -0.1) is 0 Å². The van der Waals surface area contributed by atoms with Gasteiger partial charge in [-0.05, 0) is 54.9 Å². The van der Waals surface area contributed by atoms with Gasteiger partial charge in [0.25, 0.3) is 0 Å². The number of hydrogen-bond donors (Lipinski definition) is 1. The molecule has 3 aromatic rings. The predicted molar refractivity (Wildman–Crippen MR) is 131 cm³/mol. The highest BCUT2D eigenvalue weighted by Crippen LogP contribution is 2.25. The van der Waals surface area contributed by atoms with E-state index in [-0.39, 0.29) is 0 Å². The van der Waals surface area contributed by atoms with Crippen molar-refractivity contribution < 1.29 is 9.53 Å². The first kappa shape index (κ1) is 22.4. The summed E-state index contributed by atoms with van der Waals surface area (Å²) in [4.78, 5) is 22.5. The zero-order valence-electron chi connectivity index (χ0n) is 18.1. The van der Waals surface area contributed by atoms with Gasteiger partial charge in [-0.2, -0.15) is 0 Å². The zero-order chi connectivity index (χ0) is 23.1. The normalized spacial score (nSPS) is 11.7. The van der Waals surface area contributed by atoms with E-state index in [2.05, 4.69) is 23.3 Å². The Kier molecular flexibility index (Phi) is 7.08. The van der Waals surface area contributed by atoms with Crippen LogP contribution in [0, 0.1) is 12.3 Å². The largest absolute Gasteiger partial charge is 0.465 e. The summed E-state index contributed by atoms with van der Waals surface area (Å²) in [7, 11) is 1.35. The Hall–Kier alpha value is -4.32. The third kappa shape index (κ3) is 4.54. The Bertz CT molecular complexity index is 1290. The lowest BCUT2D eigenvalue weighted by Gasteiger charge is -2.16. The molecule has 0 atom stereocenters. The van der Waals surface area contributed by atoms with Crippen LogP contribution in [0.4, 0.5) is 5.69 Å². The van der Waals surface area contributed by atoms with Gasteiger partial charge >= 0.3 is 5.97 Å². The quantitative estimate of drug-likeness (QED) is 0.326. The lowest BCUT2D eigenvalue weighted by Crippen LogP contribution is -2.07. The molecule has 0 aliphatic heterocycles. The third-order valence-electron chi connectivity index (χ3n) is 5.10. The summed E-state index contributed by atoms with van der Waals surface area (Å²) in [5, 5.41) is 9.61. The van der Waals surface area contributed by atoms with Crippen LogP contribution in [0.1, 0.15) is 21.5 Å². The molecule has 0 aliphatic carbocycles. The van der Waals surface area contributed by atoms with Crippen LogP contribution >= 0.6 is 0 Å². The van der Waals surface area contributed by atoms with Crippen LogP contribution in [0.3, 0.4) is 0 Å². The SMILES string of the molecule is C=CN(/C=C(\N=C)c1ccc2c(C)c(C(=O)OC)ccc(=NC=N)c2c1)c1ccccc1. The average molecular weight is 425 g/mol. The molecule has 0 aromatic heterocycles. The molecule has 0 heterocycles. The number of para-hydroxylation sites is 1.